The van der Waals surface area contributed by atoms with Crippen molar-refractivity contribution < 1.29 is 9.13 Å². The van der Waals surface area contributed by atoms with E-state index in [0.717, 1.165) is 22.4 Å². The number of fused-ring (bicyclic) bond motifs is 1. The number of benzene rings is 2. The predicted molar refractivity (Wildman–Crippen MR) is 80.4 cm³/mol. The lowest BCUT2D eigenvalue weighted by Crippen LogP contribution is -2.27. The van der Waals surface area contributed by atoms with Crippen molar-refractivity contribution in [3.05, 3.63) is 65.0 Å². The Morgan fingerprint density at radius 1 is 1.24 bits per heavy atom. The molecule has 4 heteroatoms. The van der Waals surface area contributed by atoms with Crippen molar-refractivity contribution in [3.63, 3.8) is 0 Å². The number of para-hydroxylation sites is 1. The van der Waals surface area contributed by atoms with Crippen LogP contribution in [-0.2, 0) is 13.1 Å². The molecule has 0 aliphatic carbocycles. The first-order chi connectivity index (χ1) is 10.2. The number of ether oxygens (including phenoxy) is 1. The molecule has 0 fully saturated rings. The molecule has 0 aromatic heterocycles. The molecule has 3 rings (SSSR count). The summed E-state index contributed by atoms with van der Waals surface area (Å²) in [7, 11) is 1.66. The molecule has 0 spiro atoms. The Labute approximate surface area is 124 Å². The third kappa shape index (κ3) is 2.52. The van der Waals surface area contributed by atoms with Gasteiger partial charge in [-0.1, -0.05) is 30.3 Å². The highest BCUT2D eigenvalue weighted by Crippen LogP contribution is 2.36. The monoisotopic (exact) mass is 286 g/mol. The summed E-state index contributed by atoms with van der Waals surface area (Å²) in [6.07, 6.45) is 0. The highest BCUT2D eigenvalue weighted by atomic mass is 19.1. The molecule has 0 saturated heterocycles. The van der Waals surface area contributed by atoms with Crippen LogP contribution in [0.2, 0.25) is 0 Å². The fraction of sp³-hybridized carbons (Fsp3) is 0.294. The number of methoxy groups -OCH3 is 1. The third-order valence-electron chi connectivity index (χ3n) is 4.11. The SMILES string of the molecule is COc1ccccc1CN1Cc2c(F)cccc2C1CN. The molecule has 0 radical (unpaired) electrons. The van der Waals surface area contributed by atoms with Gasteiger partial charge >= 0.3 is 0 Å². The van der Waals surface area contributed by atoms with Crippen LogP contribution in [0.1, 0.15) is 22.7 Å². The van der Waals surface area contributed by atoms with E-state index in [9.17, 15) is 4.39 Å². The van der Waals surface area contributed by atoms with Crippen molar-refractivity contribution >= 4 is 0 Å². The molecule has 0 bridgehead atoms. The first-order valence-corrected chi connectivity index (χ1v) is 7.08. The van der Waals surface area contributed by atoms with Gasteiger partial charge in [-0.05, 0) is 17.7 Å². The van der Waals surface area contributed by atoms with E-state index < -0.39 is 0 Å². The summed E-state index contributed by atoms with van der Waals surface area (Å²) >= 11 is 0. The van der Waals surface area contributed by atoms with Crippen LogP contribution in [0, 0.1) is 5.82 Å². The van der Waals surface area contributed by atoms with Gasteiger partial charge < -0.3 is 10.5 Å². The molecule has 21 heavy (non-hydrogen) atoms. The van der Waals surface area contributed by atoms with Gasteiger partial charge in [0.1, 0.15) is 11.6 Å². The van der Waals surface area contributed by atoms with Crippen LogP contribution >= 0.6 is 0 Å². The van der Waals surface area contributed by atoms with Crippen molar-refractivity contribution in [2.24, 2.45) is 5.73 Å². The Bertz CT molecular complexity index is 644. The van der Waals surface area contributed by atoms with Gasteiger partial charge in [0.05, 0.1) is 7.11 Å². The number of hydrogen-bond acceptors (Lipinski definition) is 3. The van der Waals surface area contributed by atoms with Crippen molar-refractivity contribution in [1.82, 2.24) is 4.90 Å². The molecule has 0 amide bonds. The first kappa shape index (κ1) is 14.0. The minimum absolute atomic E-state index is 0.0561. The Morgan fingerprint density at radius 3 is 2.81 bits per heavy atom. The standard InChI is InChI=1S/C17H19FN2O/c1-21-17-8-3-2-5-12(17)10-20-11-14-13(16(20)9-19)6-4-7-15(14)18/h2-8,16H,9-11,19H2,1H3. The first-order valence-electron chi connectivity index (χ1n) is 7.08. The molecule has 3 nitrogen and oxygen atoms in total. The van der Waals surface area contributed by atoms with Crippen molar-refractivity contribution in [3.8, 4) is 5.75 Å². The number of nitrogens with zero attached hydrogens (tertiary/aromatic N) is 1. The van der Waals surface area contributed by atoms with E-state index in [0.29, 0.717) is 19.6 Å². The van der Waals surface area contributed by atoms with Gasteiger partial charge in [0.25, 0.3) is 0 Å². The van der Waals surface area contributed by atoms with Gasteiger partial charge in [-0.25, -0.2) is 4.39 Å². The Balaban J connectivity index is 1.89. The second-order valence-corrected chi connectivity index (χ2v) is 5.28. The Kier molecular flexibility index (Phi) is 3.90. The fourth-order valence-electron chi connectivity index (χ4n) is 3.06. The second-order valence-electron chi connectivity index (χ2n) is 5.28. The molecule has 0 saturated carbocycles. The van der Waals surface area contributed by atoms with E-state index >= 15 is 0 Å². The fourth-order valence-corrected chi connectivity index (χ4v) is 3.06. The molecule has 1 aliphatic rings. The lowest BCUT2D eigenvalue weighted by Gasteiger charge is -2.24. The lowest BCUT2D eigenvalue weighted by molar-refractivity contribution is 0.207. The van der Waals surface area contributed by atoms with Crippen LogP contribution in [0.5, 0.6) is 5.75 Å². The normalized spacial score (nSPS) is 17.8. The van der Waals surface area contributed by atoms with E-state index in [1.165, 1.54) is 6.07 Å². The minimum atomic E-state index is -0.145. The average Bonchev–Trinajstić information content (AvgIpc) is 2.86. The van der Waals surface area contributed by atoms with Crippen LogP contribution in [0.3, 0.4) is 0 Å². The maximum atomic E-state index is 14.0. The maximum absolute atomic E-state index is 14.0. The van der Waals surface area contributed by atoms with E-state index in [2.05, 4.69) is 4.90 Å². The molecule has 1 heterocycles. The molecule has 1 aliphatic heterocycles. The number of nitrogens with two attached hydrogens (primary N) is 1. The van der Waals surface area contributed by atoms with Crippen LogP contribution < -0.4 is 10.5 Å². The Hall–Kier alpha value is -1.91. The van der Waals surface area contributed by atoms with Crippen molar-refractivity contribution in [2.45, 2.75) is 19.1 Å². The highest BCUT2D eigenvalue weighted by Gasteiger charge is 2.31. The van der Waals surface area contributed by atoms with E-state index in [1.54, 1.807) is 13.2 Å². The topological polar surface area (TPSA) is 38.5 Å². The molecule has 1 unspecified atom stereocenters. The number of hydrogen-bond donors (Lipinski definition) is 1. The van der Waals surface area contributed by atoms with Crippen LogP contribution in [0.25, 0.3) is 0 Å². The summed E-state index contributed by atoms with van der Waals surface area (Å²) < 4.78 is 19.4. The molecular formula is C17H19FN2O. The Morgan fingerprint density at radius 2 is 2.05 bits per heavy atom. The zero-order chi connectivity index (χ0) is 14.8. The second kappa shape index (κ2) is 5.84. The summed E-state index contributed by atoms with van der Waals surface area (Å²) in [4.78, 5) is 2.20. The van der Waals surface area contributed by atoms with Gasteiger partial charge in [-0.2, -0.15) is 0 Å². The van der Waals surface area contributed by atoms with Gasteiger partial charge in [0.2, 0.25) is 0 Å². The van der Waals surface area contributed by atoms with Crippen LogP contribution in [-0.4, -0.2) is 18.6 Å². The average molecular weight is 286 g/mol. The minimum Gasteiger partial charge on any atom is -0.496 e. The van der Waals surface area contributed by atoms with Crippen molar-refractivity contribution in [1.29, 1.82) is 0 Å². The highest BCUT2D eigenvalue weighted by molar-refractivity contribution is 5.38. The van der Waals surface area contributed by atoms with E-state index in [-0.39, 0.29) is 11.9 Å². The summed E-state index contributed by atoms with van der Waals surface area (Å²) in [5.74, 6) is 0.707. The maximum Gasteiger partial charge on any atom is 0.128 e. The molecule has 2 N–H and O–H groups in total. The summed E-state index contributed by atoms with van der Waals surface area (Å²) in [5, 5.41) is 0. The molecule has 1 atom stereocenters. The van der Waals surface area contributed by atoms with Gasteiger partial charge in [-0.15, -0.1) is 0 Å². The summed E-state index contributed by atoms with van der Waals surface area (Å²) in [5.41, 5.74) is 8.78. The summed E-state index contributed by atoms with van der Waals surface area (Å²) in [6.45, 7) is 1.76. The van der Waals surface area contributed by atoms with Crippen molar-refractivity contribution in [2.75, 3.05) is 13.7 Å². The lowest BCUT2D eigenvalue weighted by atomic mass is 10.0. The largest absolute Gasteiger partial charge is 0.496 e. The molecule has 2 aromatic carbocycles. The summed E-state index contributed by atoms with van der Waals surface area (Å²) in [6, 6.07) is 13.2. The van der Waals surface area contributed by atoms with Crippen LogP contribution in [0.4, 0.5) is 4.39 Å². The quantitative estimate of drug-likeness (QED) is 0.939. The molecular weight excluding hydrogens is 267 g/mol. The van der Waals surface area contributed by atoms with E-state index in [4.69, 9.17) is 10.5 Å². The van der Waals surface area contributed by atoms with Gasteiger partial charge in [0, 0.05) is 36.8 Å². The smallest absolute Gasteiger partial charge is 0.128 e. The third-order valence-corrected chi connectivity index (χ3v) is 4.11. The zero-order valence-corrected chi connectivity index (χ0v) is 12.1. The predicted octanol–water partition coefficient (Wildman–Crippen LogP) is 2.85. The molecule has 2 aromatic rings. The zero-order valence-electron chi connectivity index (χ0n) is 12.1. The van der Waals surface area contributed by atoms with Gasteiger partial charge in [-0.3, -0.25) is 4.90 Å². The van der Waals surface area contributed by atoms with Crippen LogP contribution in [0.15, 0.2) is 42.5 Å². The van der Waals surface area contributed by atoms with Gasteiger partial charge in [0.15, 0.2) is 0 Å². The number of halogens is 1. The number of rotatable bonds is 4. The van der Waals surface area contributed by atoms with E-state index in [1.807, 2.05) is 30.3 Å². The molecule has 110 valence electrons.